The zero-order valence-electron chi connectivity index (χ0n) is 11.9. The number of carboxylic acids is 1. The van der Waals surface area contributed by atoms with Gasteiger partial charge in [-0.1, -0.05) is 13.8 Å². The number of hydrogen-bond donors (Lipinski definition) is 3. The Morgan fingerprint density at radius 1 is 1.26 bits per heavy atom. The van der Waals surface area contributed by atoms with E-state index in [4.69, 9.17) is 5.11 Å². The second kappa shape index (κ2) is 8.34. The Labute approximate surface area is 113 Å². The number of urea groups is 1. The molecule has 0 radical (unpaired) electrons. The largest absolute Gasteiger partial charge is 0.480 e. The van der Waals surface area contributed by atoms with Gasteiger partial charge in [0.2, 0.25) is 5.91 Å². The lowest BCUT2D eigenvalue weighted by Gasteiger charge is -2.18. The molecule has 0 aromatic heterocycles. The molecule has 3 amide bonds. The van der Waals surface area contributed by atoms with E-state index in [1.807, 2.05) is 20.8 Å². The van der Waals surface area contributed by atoms with Crippen LogP contribution in [0.5, 0.6) is 0 Å². The number of carboxylic acid groups (broad SMARTS) is 1. The molecule has 0 aromatic carbocycles. The fourth-order valence-electron chi connectivity index (χ4n) is 1.37. The summed E-state index contributed by atoms with van der Waals surface area (Å²) in [5.41, 5.74) is 0. The van der Waals surface area contributed by atoms with Crippen molar-refractivity contribution in [2.24, 2.45) is 5.92 Å². The summed E-state index contributed by atoms with van der Waals surface area (Å²) in [5, 5.41) is 13.6. The lowest BCUT2D eigenvalue weighted by atomic mass is 10.0. The lowest BCUT2D eigenvalue weighted by molar-refractivity contribution is -0.139. The normalized spacial score (nSPS) is 11.8. The van der Waals surface area contributed by atoms with Crippen LogP contribution in [0, 0.1) is 5.92 Å². The Morgan fingerprint density at radius 2 is 1.84 bits per heavy atom. The maximum Gasteiger partial charge on any atom is 0.326 e. The molecule has 0 rings (SSSR count). The van der Waals surface area contributed by atoms with E-state index in [1.165, 1.54) is 4.90 Å². The number of amides is 3. The molecule has 0 saturated carbocycles. The van der Waals surface area contributed by atoms with E-state index in [-0.39, 0.29) is 18.4 Å². The predicted molar refractivity (Wildman–Crippen MR) is 70.7 cm³/mol. The summed E-state index contributed by atoms with van der Waals surface area (Å²) in [7, 11) is 1.63. The second-order valence-electron chi connectivity index (χ2n) is 4.76. The molecule has 1 unspecified atom stereocenters. The van der Waals surface area contributed by atoms with Gasteiger partial charge in [0, 0.05) is 13.6 Å². The minimum absolute atomic E-state index is 0.147. The van der Waals surface area contributed by atoms with Crippen molar-refractivity contribution in [3.8, 4) is 0 Å². The van der Waals surface area contributed by atoms with Gasteiger partial charge in [-0.25, -0.2) is 9.59 Å². The summed E-state index contributed by atoms with van der Waals surface area (Å²) in [5.74, 6) is -1.16. The van der Waals surface area contributed by atoms with E-state index in [2.05, 4.69) is 10.6 Å². The third-order valence-electron chi connectivity index (χ3n) is 2.61. The minimum Gasteiger partial charge on any atom is -0.480 e. The van der Waals surface area contributed by atoms with Crippen molar-refractivity contribution in [2.75, 3.05) is 20.1 Å². The molecule has 1 atom stereocenters. The monoisotopic (exact) mass is 273 g/mol. The van der Waals surface area contributed by atoms with Crippen LogP contribution in [-0.4, -0.2) is 54.1 Å². The second-order valence-corrected chi connectivity index (χ2v) is 4.76. The molecule has 110 valence electrons. The minimum atomic E-state index is -1.08. The average molecular weight is 273 g/mol. The van der Waals surface area contributed by atoms with Crippen molar-refractivity contribution in [1.29, 1.82) is 0 Å². The predicted octanol–water partition coefficient (Wildman–Crippen LogP) is 0.263. The standard InChI is InChI=1S/C12H23N3O4/c1-5-15(4)10(16)7-13-12(19)14-9(11(17)18)6-8(2)3/h8-9H,5-7H2,1-4H3,(H,17,18)(H2,13,14,19). The first kappa shape index (κ1) is 17.2. The van der Waals surface area contributed by atoms with Crippen LogP contribution < -0.4 is 10.6 Å². The van der Waals surface area contributed by atoms with Crippen molar-refractivity contribution in [2.45, 2.75) is 33.2 Å². The zero-order valence-corrected chi connectivity index (χ0v) is 11.9. The number of carbonyl (C=O) groups excluding carboxylic acids is 2. The number of nitrogens with zero attached hydrogens (tertiary/aromatic N) is 1. The highest BCUT2D eigenvalue weighted by atomic mass is 16.4. The number of likely N-dealkylation sites (N-methyl/N-ethyl adjacent to an activating group) is 1. The van der Waals surface area contributed by atoms with Crippen LogP contribution in [0.3, 0.4) is 0 Å². The number of nitrogens with one attached hydrogen (secondary N) is 2. The van der Waals surface area contributed by atoms with E-state index in [0.717, 1.165) is 0 Å². The van der Waals surface area contributed by atoms with Crippen LogP contribution >= 0.6 is 0 Å². The highest BCUT2D eigenvalue weighted by molar-refractivity contribution is 5.86. The highest BCUT2D eigenvalue weighted by Crippen LogP contribution is 2.04. The number of rotatable bonds is 7. The van der Waals surface area contributed by atoms with E-state index in [1.54, 1.807) is 7.05 Å². The molecule has 7 heteroatoms. The van der Waals surface area contributed by atoms with Gasteiger partial charge in [0.25, 0.3) is 0 Å². The van der Waals surface area contributed by atoms with Crippen molar-refractivity contribution in [3.63, 3.8) is 0 Å². The van der Waals surface area contributed by atoms with Gasteiger partial charge in [-0.3, -0.25) is 4.79 Å². The van der Waals surface area contributed by atoms with Crippen LogP contribution in [0.4, 0.5) is 4.79 Å². The van der Waals surface area contributed by atoms with Crippen molar-refractivity contribution in [3.05, 3.63) is 0 Å². The molecule has 0 aliphatic carbocycles. The fourth-order valence-corrected chi connectivity index (χ4v) is 1.37. The first-order valence-electron chi connectivity index (χ1n) is 6.29. The van der Waals surface area contributed by atoms with Gasteiger partial charge in [0.05, 0.1) is 6.54 Å². The quantitative estimate of drug-likeness (QED) is 0.619. The molecule has 19 heavy (non-hydrogen) atoms. The topological polar surface area (TPSA) is 98.7 Å². The van der Waals surface area contributed by atoms with Gasteiger partial charge < -0.3 is 20.6 Å². The molecule has 7 nitrogen and oxygen atoms in total. The third kappa shape index (κ3) is 7.28. The maximum absolute atomic E-state index is 11.5. The summed E-state index contributed by atoms with van der Waals surface area (Å²) in [6.45, 7) is 5.96. The van der Waals surface area contributed by atoms with Gasteiger partial charge in [-0.2, -0.15) is 0 Å². The SMILES string of the molecule is CCN(C)C(=O)CNC(=O)NC(CC(C)C)C(=O)O. The molecular weight excluding hydrogens is 250 g/mol. The Bertz CT molecular complexity index is 331. The molecule has 0 spiro atoms. The van der Waals surface area contributed by atoms with E-state index in [0.29, 0.717) is 13.0 Å². The summed E-state index contributed by atoms with van der Waals surface area (Å²) >= 11 is 0. The molecule has 0 aliphatic heterocycles. The van der Waals surface area contributed by atoms with E-state index < -0.39 is 18.0 Å². The summed E-state index contributed by atoms with van der Waals surface area (Å²) in [4.78, 5) is 35.3. The molecule has 0 heterocycles. The van der Waals surface area contributed by atoms with Gasteiger partial charge in [0.15, 0.2) is 0 Å². The molecule has 0 bridgehead atoms. The van der Waals surface area contributed by atoms with Crippen molar-refractivity contribution < 1.29 is 19.5 Å². The highest BCUT2D eigenvalue weighted by Gasteiger charge is 2.21. The van der Waals surface area contributed by atoms with Crippen LogP contribution in [0.15, 0.2) is 0 Å². The number of hydrogen-bond acceptors (Lipinski definition) is 3. The zero-order chi connectivity index (χ0) is 15.0. The van der Waals surface area contributed by atoms with Crippen LogP contribution in [0.2, 0.25) is 0 Å². The van der Waals surface area contributed by atoms with Crippen molar-refractivity contribution >= 4 is 17.9 Å². The fraction of sp³-hybridized carbons (Fsp3) is 0.750. The average Bonchev–Trinajstić information content (AvgIpc) is 2.33. The van der Waals surface area contributed by atoms with Crippen molar-refractivity contribution in [1.82, 2.24) is 15.5 Å². The van der Waals surface area contributed by atoms with E-state index in [9.17, 15) is 14.4 Å². The van der Waals surface area contributed by atoms with E-state index >= 15 is 0 Å². The Morgan fingerprint density at radius 3 is 2.26 bits per heavy atom. The number of aliphatic carboxylic acids is 1. The smallest absolute Gasteiger partial charge is 0.326 e. The number of carbonyl (C=O) groups is 3. The first-order chi connectivity index (χ1) is 8.77. The van der Waals surface area contributed by atoms with Crippen LogP contribution in [-0.2, 0) is 9.59 Å². The summed E-state index contributed by atoms with van der Waals surface area (Å²) < 4.78 is 0. The Balaban J connectivity index is 4.20. The summed E-state index contributed by atoms with van der Waals surface area (Å²) in [6.07, 6.45) is 0.339. The van der Waals surface area contributed by atoms with Gasteiger partial charge in [-0.05, 0) is 19.3 Å². The van der Waals surface area contributed by atoms with Gasteiger partial charge in [-0.15, -0.1) is 0 Å². The Kier molecular flexibility index (Phi) is 7.55. The Hall–Kier alpha value is -1.79. The third-order valence-corrected chi connectivity index (χ3v) is 2.61. The first-order valence-corrected chi connectivity index (χ1v) is 6.29. The van der Waals surface area contributed by atoms with Crippen LogP contribution in [0.25, 0.3) is 0 Å². The van der Waals surface area contributed by atoms with Gasteiger partial charge >= 0.3 is 12.0 Å². The lowest BCUT2D eigenvalue weighted by Crippen LogP contribution is -2.49. The molecular formula is C12H23N3O4. The molecule has 0 aliphatic rings. The maximum atomic E-state index is 11.5. The summed E-state index contributed by atoms with van der Waals surface area (Å²) in [6, 6.07) is -1.59. The molecule has 0 saturated heterocycles. The molecule has 0 aromatic rings. The van der Waals surface area contributed by atoms with Crippen LogP contribution in [0.1, 0.15) is 27.2 Å². The molecule has 0 fully saturated rings. The van der Waals surface area contributed by atoms with Gasteiger partial charge in [0.1, 0.15) is 6.04 Å². The molecule has 3 N–H and O–H groups in total.